The lowest BCUT2D eigenvalue weighted by Crippen LogP contribution is -2.42. The summed E-state index contributed by atoms with van der Waals surface area (Å²) in [6.45, 7) is 1.11. The first-order chi connectivity index (χ1) is 10.5. The van der Waals surface area contributed by atoms with Crippen molar-refractivity contribution in [2.24, 2.45) is 5.41 Å². The van der Waals surface area contributed by atoms with Gasteiger partial charge in [0.2, 0.25) is 5.91 Å². The van der Waals surface area contributed by atoms with Gasteiger partial charge in [-0.25, -0.2) is 4.39 Å². The van der Waals surface area contributed by atoms with E-state index in [0.29, 0.717) is 24.4 Å². The molecule has 0 spiro atoms. The Morgan fingerprint density at radius 3 is 2.64 bits per heavy atom. The maximum Gasteiger partial charge on any atom is 0.230 e. The molecule has 1 fully saturated rings. The molecule has 1 aliphatic carbocycles. The second kappa shape index (κ2) is 7.20. The Bertz CT molecular complexity index is 527. The van der Waals surface area contributed by atoms with Gasteiger partial charge in [0.15, 0.2) is 0 Å². The third-order valence-electron chi connectivity index (χ3n) is 4.37. The van der Waals surface area contributed by atoms with E-state index in [1.807, 2.05) is 19.0 Å². The second-order valence-electron chi connectivity index (χ2n) is 6.37. The molecule has 1 amide bonds. The molecule has 5 heteroatoms. The minimum atomic E-state index is -0.338. The Balaban J connectivity index is 2.03. The largest absolute Gasteiger partial charge is 0.385 e. The topological polar surface area (TPSA) is 41.6 Å². The molecule has 122 valence electrons. The highest BCUT2D eigenvalue weighted by atomic mass is 19.1. The second-order valence-corrected chi connectivity index (χ2v) is 6.37. The van der Waals surface area contributed by atoms with E-state index in [4.69, 9.17) is 4.74 Å². The van der Waals surface area contributed by atoms with Crippen molar-refractivity contribution >= 4 is 11.6 Å². The van der Waals surface area contributed by atoms with Crippen LogP contribution in [0.15, 0.2) is 18.2 Å². The van der Waals surface area contributed by atoms with Crippen LogP contribution in [-0.4, -0.2) is 38.6 Å². The van der Waals surface area contributed by atoms with E-state index >= 15 is 0 Å². The molecule has 1 N–H and O–H groups in total. The molecule has 0 aliphatic heterocycles. The smallest absolute Gasteiger partial charge is 0.230 e. The van der Waals surface area contributed by atoms with Gasteiger partial charge in [-0.1, -0.05) is 12.5 Å². The van der Waals surface area contributed by atoms with Crippen molar-refractivity contribution in [3.8, 4) is 0 Å². The summed E-state index contributed by atoms with van der Waals surface area (Å²) in [6.07, 6.45) is 3.54. The third-order valence-corrected chi connectivity index (χ3v) is 4.37. The number of carbonyl (C=O) groups is 1. The zero-order valence-corrected chi connectivity index (χ0v) is 13.6. The highest BCUT2D eigenvalue weighted by molar-refractivity contribution is 5.95. The number of methoxy groups -OCH3 is 1. The molecular weight excluding hydrogens is 283 g/mol. The van der Waals surface area contributed by atoms with Gasteiger partial charge in [0.1, 0.15) is 5.82 Å². The summed E-state index contributed by atoms with van der Waals surface area (Å²) in [5.41, 5.74) is 0.809. The molecule has 1 aliphatic rings. The fourth-order valence-electron chi connectivity index (χ4n) is 2.85. The highest BCUT2D eigenvalue weighted by Crippen LogP contribution is 2.44. The molecule has 0 saturated heterocycles. The predicted octanol–water partition coefficient (Wildman–Crippen LogP) is 3.03. The Morgan fingerprint density at radius 2 is 2.14 bits per heavy atom. The molecule has 0 bridgehead atoms. The van der Waals surface area contributed by atoms with E-state index in [0.717, 1.165) is 25.7 Å². The minimum absolute atomic E-state index is 0.0180. The Labute approximate surface area is 131 Å². The first-order valence-electron chi connectivity index (χ1n) is 7.70. The van der Waals surface area contributed by atoms with Gasteiger partial charge in [0.25, 0.3) is 0 Å². The molecule has 2 rings (SSSR count). The number of nitrogens with zero attached hydrogens (tertiary/aromatic N) is 1. The molecule has 1 aromatic rings. The van der Waals surface area contributed by atoms with Gasteiger partial charge >= 0.3 is 0 Å². The summed E-state index contributed by atoms with van der Waals surface area (Å²) in [4.78, 5) is 14.4. The van der Waals surface area contributed by atoms with Crippen LogP contribution in [0.25, 0.3) is 0 Å². The number of hydrogen-bond acceptors (Lipinski definition) is 3. The van der Waals surface area contributed by atoms with Crippen molar-refractivity contribution in [1.29, 1.82) is 0 Å². The SMILES string of the molecule is COCCC1(C(=O)Nc2ccc(CN(C)C)c(F)c2)CCC1. The number of hydrogen-bond donors (Lipinski definition) is 1. The quantitative estimate of drug-likeness (QED) is 0.842. The van der Waals surface area contributed by atoms with E-state index in [1.165, 1.54) is 6.07 Å². The van der Waals surface area contributed by atoms with Crippen LogP contribution in [-0.2, 0) is 16.1 Å². The van der Waals surface area contributed by atoms with Crippen LogP contribution in [0.3, 0.4) is 0 Å². The molecule has 0 unspecified atom stereocenters. The van der Waals surface area contributed by atoms with Crippen LogP contribution in [0.1, 0.15) is 31.2 Å². The molecule has 0 aromatic heterocycles. The number of carbonyl (C=O) groups excluding carboxylic acids is 1. The number of ether oxygens (including phenoxy) is 1. The first kappa shape index (κ1) is 16.9. The predicted molar refractivity (Wildman–Crippen MR) is 85.2 cm³/mol. The fourth-order valence-corrected chi connectivity index (χ4v) is 2.85. The summed E-state index contributed by atoms with van der Waals surface area (Å²) in [6, 6.07) is 4.90. The maximum atomic E-state index is 14.1. The van der Waals surface area contributed by atoms with E-state index in [1.54, 1.807) is 19.2 Å². The van der Waals surface area contributed by atoms with Crippen LogP contribution >= 0.6 is 0 Å². The molecule has 0 heterocycles. The number of halogens is 1. The molecular formula is C17H25FN2O2. The number of anilines is 1. The lowest BCUT2D eigenvalue weighted by Gasteiger charge is -2.40. The van der Waals surface area contributed by atoms with E-state index in [9.17, 15) is 9.18 Å². The zero-order valence-electron chi connectivity index (χ0n) is 13.6. The van der Waals surface area contributed by atoms with E-state index < -0.39 is 0 Å². The Hall–Kier alpha value is -1.46. The molecule has 0 radical (unpaired) electrons. The highest BCUT2D eigenvalue weighted by Gasteiger charge is 2.43. The van der Waals surface area contributed by atoms with Crippen LogP contribution in [0.2, 0.25) is 0 Å². The van der Waals surface area contributed by atoms with E-state index in [-0.39, 0.29) is 17.1 Å². The van der Waals surface area contributed by atoms with Crippen LogP contribution < -0.4 is 5.32 Å². The zero-order chi connectivity index (χ0) is 16.2. The van der Waals surface area contributed by atoms with Crippen molar-refractivity contribution in [2.75, 3.05) is 33.1 Å². The number of rotatable bonds is 7. The van der Waals surface area contributed by atoms with Crippen molar-refractivity contribution in [3.63, 3.8) is 0 Å². The van der Waals surface area contributed by atoms with Crippen molar-refractivity contribution < 1.29 is 13.9 Å². The van der Waals surface area contributed by atoms with Gasteiger partial charge in [-0.3, -0.25) is 4.79 Å². The van der Waals surface area contributed by atoms with Gasteiger partial charge < -0.3 is 15.0 Å². The molecule has 1 aromatic carbocycles. The molecule has 0 atom stereocenters. The normalized spacial score (nSPS) is 16.4. The van der Waals surface area contributed by atoms with Crippen molar-refractivity contribution in [1.82, 2.24) is 4.90 Å². The lowest BCUT2D eigenvalue weighted by atomic mass is 9.66. The summed E-state index contributed by atoms with van der Waals surface area (Å²) in [7, 11) is 5.43. The molecule has 4 nitrogen and oxygen atoms in total. The van der Waals surface area contributed by atoms with Crippen LogP contribution in [0, 0.1) is 11.2 Å². The molecule has 1 saturated carbocycles. The Kier molecular flexibility index (Phi) is 5.53. The number of nitrogens with one attached hydrogen (secondary N) is 1. The van der Waals surface area contributed by atoms with Gasteiger partial charge in [-0.2, -0.15) is 0 Å². The number of benzene rings is 1. The van der Waals surface area contributed by atoms with Gasteiger partial charge in [0, 0.05) is 31.5 Å². The maximum absolute atomic E-state index is 14.1. The molecule has 22 heavy (non-hydrogen) atoms. The van der Waals surface area contributed by atoms with E-state index in [2.05, 4.69) is 5.32 Å². The van der Waals surface area contributed by atoms with Crippen molar-refractivity contribution in [3.05, 3.63) is 29.6 Å². The minimum Gasteiger partial charge on any atom is -0.385 e. The number of amides is 1. The average Bonchev–Trinajstić information content (AvgIpc) is 2.40. The van der Waals surface area contributed by atoms with Crippen LogP contribution in [0.4, 0.5) is 10.1 Å². The van der Waals surface area contributed by atoms with Gasteiger partial charge in [-0.15, -0.1) is 0 Å². The lowest BCUT2D eigenvalue weighted by molar-refractivity contribution is -0.131. The standard InChI is InChI=1S/C17H25FN2O2/c1-20(2)12-13-5-6-14(11-15(13)18)19-16(21)17(7-4-8-17)9-10-22-3/h5-6,11H,4,7-10,12H2,1-3H3,(H,19,21). The summed E-state index contributed by atoms with van der Waals surface area (Å²) in [5, 5.41) is 2.87. The van der Waals surface area contributed by atoms with Gasteiger partial charge in [-0.05, 0) is 45.5 Å². The summed E-state index contributed by atoms with van der Waals surface area (Å²) in [5.74, 6) is -0.304. The third kappa shape index (κ3) is 3.84. The summed E-state index contributed by atoms with van der Waals surface area (Å²) < 4.78 is 19.2. The monoisotopic (exact) mass is 308 g/mol. The fraction of sp³-hybridized carbons (Fsp3) is 0.588. The average molecular weight is 308 g/mol. The summed E-state index contributed by atoms with van der Waals surface area (Å²) >= 11 is 0. The van der Waals surface area contributed by atoms with Crippen LogP contribution in [0.5, 0.6) is 0 Å². The Morgan fingerprint density at radius 1 is 1.41 bits per heavy atom. The van der Waals surface area contributed by atoms with Gasteiger partial charge in [0.05, 0.1) is 5.41 Å². The first-order valence-corrected chi connectivity index (χ1v) is 7.70. The van der Waals surface area contributed by atoms with Crippen molar-refractivity contribution in [2.45, 2.75) is 32.2 Å².